The summed E-state index contributed by atoms with van der Waals surface area (Å²) >= 11 is 0. The molecule has 0 aromatic rings. The molecule has 2 saturated heterocycles. The average Bonchev–Trinajstić information content (AvgIpc) is 2.50. The van der Waals surface area contributed by atoms with Crippen molar-refractivity contribution in [1.29, 1.82) is 0 Å². The summed E-state index contributed by atoms with van der Waals surface area (Å²) in [6.45, 7) is 9.91. The van der Waals surface area contributed by atoms with Gasteiger partial charge in [0.2, 0.25) is 11.8 Å². The van der Waals surface area contributed by atoms with Crippen LogP contribution >= 0.6 is 0 Å². The minimum Gasteiger partial charge on any atom is -0.295 e. The van der Waals surface area contributed by atoms with Gasteiger partial charge in [0.05, 0.1) is 6.04 Å². The summed E-state index contributed by atoms with van der Waals surface area (Å²) in [6.07, 6.45) is 7.55. The fourth-order valence-electron chi connectivity index (χ4n) is 2.88. The van der Waals surface area contributed by atoms with Crippen LogP contribution in [0.3, 0.4) is 0 Å². The molecule has 21 heavy (non-hydrogen) atoms. The van der Waals surface area contributed by atoms with E-state index in [9.17, 15) is 9.59 Å². The van der Waals surface area contributed by atoms with Crippen molar-refractivity contribution in [1.82, 2.24) is 10.2 Å². The van der Waals surface area contributed by atoms with Crippen molar-refractivity contribution in [3.63, 3.8) is 0 Å². The molecule has 2 aliphatic heterocycles. The molecule has 0 spiro atoms. The zero-order valence-electron chi connectivity index (χ0n) is 13.7. The van der Waals surface area contributed by atoms with Gasteiger partial charge in [-0.1, -0.05) is 32.9 Å². The summed E-state index contributed by atoms with van der Waals surface area (Å²) in [5.41, 5.74) is 2.73. The predicted molar refractivity (Wildman–Crippen MR) is 85.8 cm³/mol. The fraction of sp³-hybridized carbons (Fsp3) is 0.647. The van der Waals surface area contributed by atoms with Gasteiger partial charge in [-0.05, 0) is 37.3 Å². The number of nitrogens with zero attached hydrogens (tertiary/aromatic N) is 1. The number of piperidine rings is 2. The van der Waals surface area contributed by atoms with E-state index >= 15 is 0 Å². The largest absolute Gasteiger partial charge is 0.295 e. The van der Waals surface area contributed by atoms with Crippen LogP contribution in [0.15, 0.2) is 23.3 Å². The van der Waals surface area contributed by atoms with Crippen LogP contribution in [0.4, 0.5) is 0 Å². The van der Waals surface area contributed by atoms with E-state index in [1.165, 1.54) is 11.1 Å². The number of imide groups is 1. The molecule has 0 aromatic heterocycles. The second kappa shape index (κ2) is 8.78. The maximum Gasteiger partial charge on any atom is 0.243 e. The molecule has 2 fully saturated rings. The first kappa shape index (κ1) is 17.6. The first-order valence-electron chi connectivity index (χ1n) is 8.08. The Morgan fingerprint density at radius 1 is 1.24 bits per heavy atom. The Hall–Kier alpha value is -1.42. The lowest BCUT2D eigenvalue weighted by molar-refractivity contribution is -0.137. The molecule has 2 heterocycles. The fourth-order valence-corrected chi connectivity index (χ4v) is 2.88. The standard InChI is InChI=1S/C15H22N2O2.C2H6/c1-3-5-12-8-9-17(10-11(12)4-2)13-6-7-14(18)16-15(13)19;1-2/h4-5,13H,3,6-10H2,1-2H3,(H,16,18,19);1-2H3/b11-4-,12-5-;. The molecule has 2 rings (SSSR count). The topological polar surface area (TPSA) is 49.4 Å². The summed E-state index contributed by atoms with van der Waals surface area (Å²) in [5.74, 6) is -0.272. The highest BCUT2D eigenvalue weighted by atomic mass is 16.2. The van der Waals surface area contributed by atoms with E-state index in [0.717, 1.165) is 25.9 Å². The first-order chi connectivity index (χ1) is 10.2. The molecule has 118 valence electrons. The minimum absolute atomic E-state index is 0.130. The van der Waals surface area contributed by atoms with Crippen LogP contribution in [0.25, 0.3) is 0 Å². The van der Waals surface area contributed by atoms with Crippen LogP contribution in [-0.2, 0) is 9.59 Å². The number of allylic oxidation sites excluding steroid dienone is 2. The number of hydrogen-bond acceptors (Lipinski definition) is 3. The highest BCUT2D eigenvalue weighted by molar-refractivity contribution is 6.00. The third-order valence-corrected chi connectivity index (χ3v) is 3.90. The van der Waals surface area contributed by atoms with E-state index in [2.05, 4.69) is 29.3 Å². The van der Waals surface area contributed by atoms with Crippen LogP contribution < -0.4 is 5.32 Å². The molecule has 1 atom stereocenters. The molecular formula is C17H28N2O2. The number of nitrogens with one attached hydrogen (secondary N) is 1. The van der Waals surface area contributed by atoms with Gasteiger partial charge in [0, 0.05) is 19.5 Å². The van der Waals surface area contributed by atoms with Gasteiger partial charge in [0.25, 0.3) is 0 Å². The van der Waals surface area contributed by atoms with Crippen molar-refractivity contribution in [3.8, 4) is 0 Å². The van der Waals surface area contributed by atoms with Gasteiger partial charge in [-0.25, -0.2) is 0 Å². The van der Waals surface area contributed by atoms with Crippen molar-refractivity contribution in [3.05, 3.63) is 23.3 Å². The SMILES string of the molecule is C/C=C1/CN(C2CCC(=O)NC2=O)CC/C1=C/CC.CC. The summed E-state index contributed by atoms with van der Waals surface area (Å²) in [7, 11) is 0. The van der Waals surface area contributed by atoms with Gasteiger partial charge in [0.15, 0.2) is 0 Å². The number of hydrogen-bond donors (Lipinski definition) is 1. The Balaban J connectivity index is 0.00000106. The van der Waals surface area contributed by atoms with Crippen molar-refractivity contribution < 1.29 is 9.59 Å². The van der Waals surface area contributed by atoms with E-state index in [4.69, 9.17) is 0 Å². The molecule has 2 aliphatic rings. The molecular weight excluding hydrogens is 264 g/mol. The lowest BCUT2D eigenvalue weighted by Crippen LogP contribution is -2.54. The van der Waals surface area contributed by atoms with Crippen molar-refractivity contribution in [2.45, 2.75) is 59.4 Å². The molecule has 0 aliphatic carbocycles. The van der Waals surface area contributed by atoms with Gasteiger partial charge >= 0.3 is 0 Å². The van der Waals surface area contributed by atoms with Gasteiger partial charge in [-0.15, -0.1) is 0 Å². The predicted octanol–water partition coefficient (Wildman–Crippen LogP) is 2.81. The molecule has 4 nitrogen and oxygen atoms in total. The van der Waals surface area contributed by atoms with Crippen molar-refractivity contribution in [2.24, 2.45) is 0 Å². The van der Waals surface area contributed by atoms with Gasteiger partial charge in [0.1, 0.15) is 0 Å². The van der Waals surface area contributed by atoms with Crippen LogP contribution in [-0.4, -0.2) is 35.8 Å². The second-order valence-corrected chi connectivity index (χ2v) is 5.14. The van der Waals surface area contributed by atoms with Gasteiger partial charge in [-0.3, -0.25) is 19.8 Å². The van der Waals surface area contributed by atoms with Crippen LogP contribution in [0.2, 0.25) is 0 Å². The molecule has 0 radical (unpaired) electrons. The van der Waals surface area contributed by atoms with Crippen LogP contribution in [0, 0.1) is 0 Å². The molecule has 1 unspecified atom stereocenters. The molecule has 1 N–H and O–H groups in total. The number of rotatable bonds is 2. The van der Waals surface area contributed by atoms with E-state index < -0.39 is 0 Å². The summed E-state index contributed by atoms with van der Waals surface area (Å²) in [5, 5.41) is 2.44. The molecule has 0 bridgehead atoms. The smallest absolute Gasteiger partial charge is 0.243 e. The highest BCUT2D eigenvalue weighted by Crippen LogP contribution is 2.26. The van der Waals surface area contributed by atoms with Crippen LogP contribution in [0.5, 0.6) is 0 Å². The Kier molecular flexibility index (Phi) is 7.37. The molecule has 4 heteroatoms. The lowest BCUT2D eigenvalue weighted by atomic mass is 9.93. The van der Waals surface area contributed by atoms with Gasteiger partial charge < -0.3 is 0 Å². The third-order valence-electron chi connectivity index (χ3n) is 3.90. The van der Waals surface area contributed by atoms with Crippen LogP contribution in [0.1, 0.15) is 53.4 Å². The number of amides is 2. The maximum atomic E-state index is 11.9. The van der Waals surface area contributed by atoms with E-state index in [1.807, 2.05) is 20.8 Å². The maximum absolute atomic E-state index is 11.9. The molecule has 0 saturated carbocycles. The number of carbonyl (C=O) groups is 2. The van der Waals surface area contributed by atoms with Gasteiger partial charge in [-0.2, -0.15) is 0 Å². The summed E-state index contributed by atoms with van der Waals surface area (Å²) in [4.78, 5) is 25.3. The van der Waals surface area contributed by atoms with Crippen molar-refractivity contribution in [2.75, 3.05) is 13.1 Å². The van der Waals surface area contributed by atoms with E-state index in [-0.39, 0.29) is 17.9 Å². The highest BCUT2D eigenvalue weighted by Gasteiger charge is 2.33. The first-order valence-corrected chi connectivity index (χ1v) is 8.08. The second-order valence-electron chi connectivity index (χ2n) is 5.14. The molecule has 0 aromatic carbocycles. The quantitative estimate of drug-likeness (QED) is 0.796. The zero-order valence-corrected chi connectivity index (χ0v) is 13.7. The summed E-state index contributed by atoms with van der Waals surface area (Å²) in [6, 6.07) is -0.143. The van der Waals surface area contributed by atoms with Crippen molar-refractivity contribution >= 4 is 11.8 Å². The number of carbonyl (C=O) groups excluding carboxylic acids is 2. The van der Waals surface area contributed by atoms with E-state index in [0.29, 0.717) is 12.8 Å². The lowest BCUT2D eigenvalue weighted by Gasteiger charge is -2.37. The number of likely N-dealkylation sites (tertiary alicyclic amines) is 1. The Bertz CT molecular complexity index is 438. The average molecular weight is 292 g/mol. The third kappa shape index (κ3) is 4.53. The normalized spacial score (nSPS) is 27.3. The monoisotopic (exact) mass is 292 g/mol. The molecule has 2 amide bonds. The summed E-state index contributed by atoms with van der Waals surface area (Å²) < 4.78 is 0. The Morgan fingerprint density at radius 2 is 1.95 bits per heavy atom. The Morgan fingerprint density at radius 3 is 2.52 bits per heavy atom. The van der Waals surface area contributed by atoms with E-state index in [1.54, 1.807) is 0 Å². The Labute approximate surface area is 128 Å². The zero-order chi connectivity index (χ0) is 15.8. The minimum atomic E-state index is -0.143.